The summed E-state index contributed by atoms with van der Waals surface area (Å²) < 4.78 is 5.43. The zero-order valence-corrected chi connectivity index (χ0v) is 10.2. The van der Waals surface area contributed by atoms with Gasteiger partial charge in [-0.1, -0.05) is 0 Å². The van der Waals surface area contributed by atoms with Crippen molar-refractivity contribution < 1.29 is 4.42 Å². The molecule has 0 atom stereocenters. The Morgan fingerprint density at radius 1 is 1.22 bits per heavy atom. The lowest BCUT2D eigenvalue weighted by atomic mass is 10.4. The molecule has 96 valence electrons. The fraction of sp³-hybridized carbons (Fsp3) is 0.300. The van der Waals surface area contributed by atoms with Crippen LogP contribution in [0.2, 0.25) is 0 Å². The molecule has 0 amide bonds. The second-order valence-corrected chi connectivity index (χ2v) is 3.74. The molecule has 2 aromatic heterocycles. The van der Waals surface area contributed by atoms with Gasteiger partial charge in [0.2, 0.25) is 11.8 Å². The van der Waals surface area contributed by atoms with Crippen molar-refractivity contribution in [2.75, 3.05) is 16.5 Å². The second-order valence-electron chi connectivity index (χ2n) is 3.74. The highest BCUT2D eigenvalue weighted by atomic mass is 16.4. The molecule has 0 spiro atoms. The Morgan fingerprint density at radius 3 is 2.56 bits per heavy atom. The van der Waals surface area contributed by atoms with E-state index in [4.69, 9.17) is 16.0 Å². The third-order valence-electron chi connectivity index (χ3n) is 2.38. The highest BCUT2D eigenvalue weighted by molar-refractivity contribution is 5.50. The van der Waals surface area contributed by atoms with E-state index in [2.05, 4.69) is 25.7 Å². The molecule has 8 nitrogen and oxygen atoms in total. The van der Waals surface area contributed by atoms with Crippen molar-refractivity contribution in [3.63, 3.8) is 0 Å². The van der Waals surface area contributed by atoms with Crippen molar-refractivity contribution in [3.8, 4) is 0 Å². The number of hydrogen-bond donors (Lipinski definition) is 4. The Kier molecular flexibility index (Phi) is 3.28. The van der Waals surface area contributed by atoms with E-state index in [1.54, 1.807) is 6.07 Å². The van der Waals surface area contributed by atoms with Gasteiger partial charge in [-0.15, -0.1) is 0 Å². The van der Waals surface area contributed by atoms with Gasteiger partial charge in [0.1, 0.15) is 17.4 Å². The number of nitrogen functional groups attached to an aromatic ring is 2. The maximum Gasteiger partial charge on any atom is 0.223 e. The Bertz CT molecular complexity index is 532. The molecule has 2 aromatic rings. The molecule has 0 saturated heterocycles. The minimum atomic E-state index is 0.132. The summed E-state index contributed by atoms with van der Waals surface area (Å²) in [6.45, 7) is 4.17. The van der Waals surface area contributed by atoms with Crippen LogP contribution in [0.1, 0.15) is 17.3 Å². The van der Waals surface area contributed by atoms with Gasteiger partial charge in [0, 0.05) is 6.07 Å². The molecule has 8 heteroatoms. The molecule has 0 aliphatic heterocycles. The van der Waals surface area contributed by atoms with E-state index in [0.29, 0.717) is 24.1 Å². The van der Waals surface area contributed by atoms with Crippen LogP contribution in [0.4, 0.5) is 17.6 Å². The third-order valence-corrected chi connectivity index (χ3v) is 2.38. The number of aryl methyl sites for hydroxylation is 2. The van der Waals surface area contributed by atoms with Crippen molar-refractivity contribution in [2.45, 2.75) is 20.4 Å². The fourth-order valence-corrected chi connectivity index (χ4v) is 1.41. The van der Waals surface area contributed by atoms with E-state index < -0.39 is 0 Å². The molecule has 0 aliphatic carbocycles. The Hall–Kier alpha value is -2.35. The minimum Gasteiger partial charge on any atom is -0.444 e. The van der Waals surface area contributed by atoms with Crippen molar-refractivity contribution >= 4 is 17.6 Å². The molecular formula is C10H15N7O. The van der Waals surface area contributed by atoms with Crippen LogP contribution in [-0.4, -0.2) is 15.0 Å². The van der Waals surface area contributed by atoms with E-state index in [1.807, 2.05) is 13.8 Å². The molecule has 0 saturated carbocycles. The van der Waals surface area contributed by atoms with Crippen LogP contribution in [0.25, 0.3) is 0 Å². The SMILES string of the molecule is Cc1nc(CNc2cc(NN)nc(N)n2)oc1C. The number of aromatic nitrogens is 3. The molecule has 2 heterocycles. The first kappa shape index (κ1) is 12.1. The largest absolute Gasteiger partial charge is 0.444 e. The molecule has 0 aromatic carbocycles. The predicted molar refractivity (Wildman–Crippen MR) is 67.6 cm³/mol. The quantitative estimate of drug-likeness (QED) is 0.457. The summed E-state index contributed by atoms with van der Waals surface area (Å²) in [6, 6.07) is 1.64. The van der Waals surface area contributed by atoms with Crippen LogP contribution in [0, 0.1) is 13.8 Å². The van der Waals surface area contributed by atoms with E-state index in [9.17, 15) is 0 Å². The van der Waals surface area contributed by atoms with Gasteiger partial charge in [-0.3, -0.25) is 0 Å². The number of oxazole rings is 1. The standard InChI is InChI=1S/C10H15N7O/c1-5-6(2)18-9(14-5)4-13-7-3-8(17-12)16-10(11)15-7/h3H,4,12H2,1-2H3,(H4,11,13,15,16,17). The van der Waals surface area contributed by atoms with Crippen LogP contribution >= 0.6 is 0 Å². The van der Waals surface area contributed by atoms with Crippen molar-refractivity contribution in [1.82, 2.24) is 15.0 Å². The number of rotatable bonds is 4. The summed E-state index contributed by atoms with van der Waals surface area (Å²) in [6.07, 6.45) is 0. The van der Waals surface area contributed by atoms with Crippen LogP contribution in [-0.2, 0) is 6.54 Å². The van der Waals surface area contributed by atoms with Gasteiger partial charge in [0.15, 0.2) is 0 Å². The number of nitrogens with zero attached hydrogens (tertiary/aromatic N) is 3. The van der Waals surface area contributed by atoms with Crippen molar-refractivity contribution in [2.24, 2.45) is 5.84 Å². The predicted octanol–water partition coefficient (Wildman–Crippen LogP) is 0.561. The molecule has 0 radical (unpaired) electrons. The van der Waals surface area contributed by atoms with Gasteiger partial charge in [0.25, 0.3) is 0 Å². The van der Waals surface area contributed by atoms with Crippen LogP contribution in [0.3, 0.4) is 0 Å². The van der Waals surface area contributed by atoms with E-state index in [1.165, 1.54) is 0 Å². The Balaban J connectivity index is 2.07. The molecule has 18 heavy (non-hydrogen) atoms. The first-order valence-electron chi connectivity index (χ1n) is 5.36. The maximum atomic E-state index is 5.54. The lowest BCUT2D eigenvalue weighted by Crippen LogP contribution is -2.12. The van der Waals surface area contributed by atoms with Gasteiger partial charge in [-0.2, -0.15) is 9.97 Å². The van der Waals surface area contributed by atoms with Crippen LogP contribution in [0.5, 0.6) is 0 Å². The van der Waals surface area contributed by atoms with E-state index in [-0.39, 0.29) is 5.95 Å². The van der Waals surface area contributed by atoms with E-state index >= 15 is 0 Å². The lowest BCUT2D eigenvalue weighted by molar-refractivity contribution is 0.478. The second kappa shape index (κ2) is 4.88. The average Bonchev–Trinajstić information content (AvgIpc) is 2.65. The topological polar surface area (TPSA) is 128 Å². The van der Waals surface area contributed by atoms with Crippen LogP contribution in [0.15, 0.2) is 10.5 Å². The number of anilines is 3. The maximum absolute atomic E-state index is 5.54. The van der Waals surface area contributed by atoms with Gasteiger partial charge in [-0.25, -0.2) is 10.8 Å². The monoisotopic (exact) mass is 249 g/mol. The fourth-order valence-electron chi connectivity index (χ4n) is 1.41. The minimum absolute atomic E-state index is 0.132. The molecule has 0 fully saturated rings. The lowest BCUT2D eigenvalue weighted by Gasteiger charge is -2.06. The number of hydrogen-bond acceptors (Lipinski definition) is 8. The molecular weight excluding hydrogens is 234 g/mol. The number of nitrogens with one attached hydrogen (secondary N) is 2. The molecule has 0 aliphatic rings. The van der Waals surface area contributed by atoms with Gasteiger partial charge < -0.3 is 20.9 Å². The van der Waals surface area contributed by atoms with Crippen molar-refractivity contribution in [3.05, 3.63) is 23.4 Å². The first-order chi connectivity index (χ1) is 8.58. The number of hydrazine groups is 1. The first-order valence-corrected chi connectivity index (χ1v) is 5.36. The molecule has 0 bridgehead atoms. The summed E-state index contributed by atoms with van der Waals surface area (Å²) in [5, 5.41) is 3.03. The molecule has 2 rings (SSSR count). The summed E-state index contributed by atoms with van der Waals surface area (Å²) >= 11 is 0. The third kappa shape index (κ3) is 2.66. The highest BCUT2D eigenvalue weighted by Gasteiger charge is 2.06. The summed E-state index contributed by atoms with van der Waals surface area (Å²) in [4.78, 5) is 12.1. The summed E-state index contributed by atoms with van der Waals surface area (Å²) in [7, 11) is 0. The average molecular weight is 249 g/mol. The summed E-state index contributed by atoms with van der Waals surface area (Å²) in [5.74, 6) is 7.77. The number of nitrogens with two attached hydrogens (primary N) is 2. The molecule has 6 N–H and O–H groups in total. The Labute approximate surface area is 104 Å². The van der Waals surface area contributed by atoms with Crippen LogP contribution < -0.4 is 22.3 Å². The van der Waals surface area contributed by atoms with E-state index in [0.717, 1.165) is 11.5 Å². The highest BCUT2D eigenvalue weighted by Crippen LogP contribution is 2.13. The normalized spacial score (nSPS) is 10.4. The smallest absolute Gasteiger partial charge is 0.223 e. The zero-order chi connectivity index (χ0) is 13.1. The molecule has 0 unspecified atom stereocenters. The zero-order valence-electron chi connectivity index (χ0n) is 10.2. The van der Waals surface area contributed by atoms with Gasteiger partial charge >= 0.3 is 0 Å². The Morgan fingerprint density at radius 2 is 1.94 bits per heavy atom. The van der Waals surface area contributed by atoms with Gasteiger partial charge in [-0.05, 0) is 13.8 Å². The summed E-state index contributed by atoms with van der Waals surface area (Å²) in [5.41, 5.74) is 8.82. The van der Waals surface area contributed by atoms with Crippen molar-refractivity contribution in [1.29, 1.82) is 0 Å². The van der Waals surface area contributed by atoms with Gasteiger partial charge in [0.05, 0.1) is 12.2 Å².